The summed E-state index contributed by atoms with van der Waals surface area (Å²) in [5, 5.41) is 12.1. The van der Waals surface area contributed by atoms with E-state index >= 15 is 0 Å². The third-order valence-corrected chi connectivity index (χ3v) is 3.03. The summed E-state index contributed by atoms with van der Waals surface area (Å²) in [4.78, 5) is 15.5. The predicted octanol–water partition coefficient (Wildman–Crippen LogP) is 0.674. The van der Waals surface area contributed by atoms with E-state index in [-0.39, 0.29) is 17.5 Å². The van der Waals surface area contributed by atoms with E-state index in [0.717, 1.165) is 0 Å². The maximum absolute atomic E-state index is 11.7. The van der Waals surface area contributed by atoms with Crippen LogP contribution in [0.25, 0.3) is 0 Å². The van der Waals surface area contributed by atoms with Crippen molar-refractivity contribution in [2.75, 3.05) is 12.0 Å². The summed E-state index contributed by atoms with van der Waals surface area (Å²) in [6.07, 6.45) is 3.70. The lowest BCUT2D eigenvalue weighted by Crippen LogP contribution is -2.34. The summed E-state index contributed by atoms with van der Waals surface area (Å²) < 4.78 is 10.9. The Bertz CT molecular complexity index is 423. The minimum absolute atomic E-state index is 0.0111. The molecule has 0 bridgehead atoms. The van der Waals surface area contributed by atoms with Crippen molar-refractivity contribution in [1.29, 1.82) is 0 Å². The molecule has 1 aromatic heterocycles. The molecule has 2 atom stereocenters. The monoisotopic (exact) mass is 256 g/mol. The summed E-state index contributed by atoms with van der Waals surface area (Å²) in [6.45, 7) is 1.82. The van der Waals surface area contributed by atoms with Crippen molar-refractivity contribution in [2.45, 2.75) is 19.4 Å². The maximum atomic E-state index is 11.7. The summed E-state index contributed by atoms with van der Waals surface area (Å²) in [5.74, 6) is -0.0240. The van der Waals surface area contributed by atoms with Gasteiger partial charge in [0.1, 0.15) is 5.75 Å². The molecule has 6 heteroatoms. The molecule has 0 aliphatic heterocycles. The predicted molar refractivity (Wildman–Crippen MR) is 66.4 cm³/mol. The minimum Gasteiger partial charge on any atom is -0.505 e. The van der Waals surface area contributed by atoms with Gasteiger partial charge in [-0.2, -0.15) is 0 Å². The highest BCUT2D eigenvalue weighted by atomic mass is 32.2. The molecular formula is C11H16N2O3S. The highest BCUT2D eigenvalue weighted by Crippen LogP contribution is 2.12. The maximum Gasteiger partial charge on any atom is 0.273 e. The zero-order valence-corrected chi connectivity index (χ0v) is 10.7. The number of carbonyl (C=O) groups excluding carboxylic acids is 1. The van der Waals surface area contributed by atoms with E-state index < -0.39 is 16.7 Å². The molecule has 0 aromatic carbocycles. The zero-order valence-electron chi connectivity index (χ0n) is 9.84. The van der Waals surface area contributed by atoms with Gasteiger partial charge >= 0.3 is 0 Å². The van der Waals surface area contributed by atoms with Crippen LogP contribution in [-0.4, -0.2) is 38.3 Å². The number of hydrogen-bond donors (Lipinski definition) is 2. The smallest absolute Gasteiger partial charge is 0.273 e. The molecule has 1 heterocycles. The molecule has 2 unspecified atom stereocenters. The topological polar surface area (TPSA) is 79.3 Å². The summed E-state index contributed by atoms with van der Waals surface area (Å²) in [7, 11) is -0.866. The first-order valence-corrected chi connectivity index (χ1v) is 6.98. The van der Waals surface area contributed by atoms with E-state index in [2.05, 4.69) is 10.3 Å². The van der Waals surface area contributed by atoms with Crippen molar-refractivity contribution in [1.82, 2.24) is 10.3 Å². The van der Waals surface area contributed by atoms with Crippen LogP contribution in [0.1, 0.15) is 23.8 Å². The summed E-state index contributed by atoms with van der Waals surface area (Å²) in [5.41, 5.74) is 0.0111. The minimum atomic E-state index is -0.866. The van der Waals surface area contributed by atoms with Gasteiger partial charge in [-0.15, -0.1) is 0 Å². The first-order valence-electron chi connectivity index (χ1n) is 5.25. The molecule has 0 saturated heterocycles. The van der Waals surface area contributed by atoms with Crippen molar-refractivity contribution in [3.63, 3.8) is 0 Å². The number of nitrogens with zero attached hydrogens (tertiary/aromatic N) is 1. The van der Waals surface area contributed by atoms with Crippen molar-refractivity contribution in [3.05, 3.63) is 24.0 Å². The number of hydrogen-bond acceptors (Lipinski definition) is 4. The van der Waals surface area contributed by atoms with E-state index in [1.807, 2.05) is 6.92 Å². The number of rotatable bonds is 5. The van der Waals surface area contributed by atoms with E-state index in [1.54, 1.807) is 12.3 Å². The molecule has 1 amide bonds. The Kier molecular flexibility index (Phi) is 5.09. The number of amides is 1. The van der Waals surface area contributed by atoms with Crippen molar-refractivity contribution in [3.8, 4) is 5.75 Å². The Morgan fingerprint density at radius 2 is 2.35 bits per heavy atom. The molecular weight excluding hydrogens is 240 g/mol. The molecule has 5 nitrogen and oxygen atoms in total. The van der Waals surface area contributed by atoms with Crippen LogP contribution in [0.4, 0.5) is 0 Å². The second-order valence-electron chi connectivity index (χ2n) is 3.81. The van der Waals surface area contributed by atoms with Gasteiger partial charge in [-0.05, 0) is 25.5 Å². The number of pyridine rings is 1. The van der Waals surface area contributed by atoms with E-state index in [4.69, 9.17) is 0 Å². The molecule has 17 heavy (non-hydrogen) atoms. The molecule has 0 aliphatic carbocycles. The number of nitrogens with one attached hydrogen (secondary N) is 1. The van der Waals surface area contributed by atoms with Gasteiger partial charge in [0.25, 0.3) is 5.91 Å². The van der Waals surface area contributed by atoms with Gasteiger partial charge in [-0.3, -0.25) is 9.00 Å². The first-order chi connectivity index (χ1) is 8.00. The van der Waals surface area contributed by atoms with Crippen LogP contribution in [0.3, 0.4) is 0 Å². The summed E-state index contributed by atoms with van der Waals surface area (Å²) >= 11 is 0. The first kappa shape index (κ1) is 13.6. The fraction of sp³-hybridized carbons (Fsp3) is 0.455. The fourth-order valence-electron chi connectivity index (χ4n) is 1.28. The van der Waals surface area contributed by atoms with Crippen LogP contribution in [0, 0.1) is 0 Å². The quantitative estimate of drug-likeness (QED) is 0.811. The van der Waals surface area contributed by atoms with Gasteiger partial charge < -0.3 is 10.4 Å². The highest BCUT2D eigenvalue weighted by Gasteiger charge is 2.14. The lowest BCUT2D eigenvalue weighted by atomic mass is 10.2. The Morgan fingerprint density at radius 1 is 1.65 bits per heavy atom. The molecule has 0 radical (unpaired) electrons. The average molecular weight is 256 g/mol. The Morgan fingerprint density at radius 3 is 2.94 bits per heavy atom. The number of aromatic nitrogens is 1. The zero-order chi connectivity index (χ0) is 12.8. The standard InChI is InChI=1S/C11H16N2O3S/c1-8(5-7-17(2)16)13-11(15)10-9(14)4-3-6-12-10/h3-4,6,8,14H,5,7H2,1-2H3,(H,13,15). The average Bonchev–Trinajstić information content (AvgIpc) is 2.26. The van der Waals surface area contributed by atoms with Gasteiger partial charge in [0.15, 0.2) is 5.69 Å². The van der Waals surface area contributed by atoms with Crippen LogP contribution < -0.4 is 5.32 Å². The second-order valence-corrected chi connectivity index (χ2v) is 5.37. The van der Waals surface area contributed by atoms with Crippen molar-refractivity contribution < 1.29 is 14.1 Å². The number of carbonyl (C=O) groups is 1. The van der Waals surface area contributed by atoms with E-state index in [1.165, 1.54) is 12.3 Å². The van der Waals surface area contributed by atoms with Gasteiger partial charge in [0.05, 0.1) is 0 Å². The molecule has 1 aromatic rings. The third kappa shape index (κ3) is 4.52. The molecule has 0 fully saturated rings. The van der Waals surface area contributed by atoms with Crippen LogP contribution in [-0.2, 0) is 10.8 Å². The van der Waals surface area contributed by atoms with Gasteiger partial charge in [0, 0.05) is 35.0 Å². The van der Waals surface area contributed by atoms with Crippen molar-refractivity contribution in [2.24, 2.45) is 0 Å². The number of aromatic hydroxyl groups is 1. The SMILES string of the molecule is CC(CCS(C)=O)NC(=O)c1ncccc1O. The Labute approximate surface area is 103 Å². The Balaban J connectivity index is 2.55. The lowest BCUT2D eigenvalue weighted by Gasteiger charge is -2.13. The van der Waals surface area contributed by atoms with Crippen molar-refractivity contribution >= 4 is 16.7 Å². The third-order valence-electron chi connectivity index (χ3n) is 2.22. The molecule has 0 saturated carbocycles. The van der Waals surface area contributed by atoms with Crippen LogP contribution >= 0.6 is 0 Å². The van der Waals surface area contributed by atoms with Crippen LogP contribution in [0.5, 0.6) is 5.75 Å². The van der Waals surface area contributed by atoms with Crippen LogP contribution in [0.2, 0.25) is 0 Å². The fourth-order valence-corrected chi connectivity index (χ4v) is 1.96. The van der Waals surface area contributed by atoms with Gasteiger partial charge in [0.2, 0.25) is 0 Å². The lowest BCUT2D eigenvalue weighted by molar-refractivity contribution is 0.0931. The summed E-state index contributed by atoms with van der Waals surface area (Å²) in [6, 6.07) is 2.86. The molecule has 2 N–H and O–H groups in total. The second kappa shape index (κ2) is 6.34. The normalized spacial score (nSPS) is 14.0. The Hall–Kier alpha value is -1.43. The highest BCUT2D eigenvalue weighted by molar-refractivity contribution is 7.84. The van der Waals surface area contributed by atoms with Gasteiger partial charge in [-0.1, -0.05) is 0 Å². The largest absolute Gasteiger partial charge is 0.505 e. The van der Waals surface area contributed by atoms with E-state index in [0.29, 0.717) is 12.2 Å². The van der Waals surface area contributed by atoms with E-state index in [9.17, 15) is 14.1 Å². The molecule has 1 rings (SSSR count). The molecule has 0 aliphatic rings. The van der Waals surface area contributed by atoms with Crippen LogP contribution in [0.15, 0.2) is 18.3 Å². The molecule has 0 spiro atoms. The van der Waals surface area contributed by atoms with Gasteiger partial charge in [-0.25, -0.2) is 4.98 Å². The molecule has 94 valence electrons.